The summed E-state index contributed by atoms with van der Waals surface area (Å²) in [4.78, 5) is 24.2. The summed E-state index contributed by atoms with van der Waals surface area (Å²) in [7, 11) is 0. The molecule has 1 spiro atoms. The molecule has 5 rings (SSSR count). The van der Waals surface area contributed by atoms with Crippen LogP contribution in [-0.4, -0.2) is 23.6 Å². The Morgan fingerprint density at radius 1 is 1.11 bits per heavy atom. The zero-order chi connectivity index (χ0) is 24.4. The maximum Gasteiger partial charge on any atom is 0.327 e. The number of hydrogen-bond acceptors (Lipinski definition) is 4. The standard InChI is InChI=1S/C29H24N2O4/c30-18-19-9-10-21(7-4-8-27(32)33)25(15-19)31-28(34)24-17-29(24)13-14-35-26-12-11-22(16-23(26)29)20-5-2-1-3-6-20/h1-6,8-12,15-16,24H,7,13-14,17H2,(H,31,34)(H,32,33)/t24-,29-/m0/s1. The molecular formula is C29H24N2O4. The number of benzene rings is 3. The molecule has 6 nitrogen and oxygen atoms in total. The number of nitriles is 1. The number of nitrogens with one attached hydrogen (secondary N) is 1. The number of allylic oxidation sites excluding steroid dienone is 1. The van der Waals surface area contributed by atoms with E-state index in [1.165, 1.54) is 6.08 Å². The number of amides is 1. The van der Waals surface area contributed by atoms with Crippen LogP contribution in [0.5, 0.6) is 5.75 Å². The number of carboxylic acid groups (broad SMARTS) is 1. The second-order valence-electron chi connectivity index (χ2n) is 9.01. The summed E-state index contributed by atoms with van der Waals surface area (Å²) in [5.74, 6) is -0.500. The molecule has 0 bridgehead atoms. The van der Waals surface area contributed by atoms with Crippen LogP contribution in [-0.2, 0) is 21.4 Å². The summed E-state index contributed by atoms with van der Waals surface area (Å²) in [5, 5.41) is 21.2. The van der Waals surface area contributed by atoms with Crippen LogP contribution in [0.1, 0.15) is 29.5 Å². The highest BCUT2D eigenvalue weighted by Gasteiger charge is 2.61. The van der Waals surface area contributed by atoms with Crippen molar-refractivity contribution in [3.63, 3.8) is 0 Å². The van der Waals surface area contributed by atoms with Crippen molar-refractivity contribution >= 4 is 17.6 Å². The summed E-state index contributed by atoms with van der Waals surface area (Å²) < 4.78 is 5.93. The van der Waals surface area contributed by atoms with Crippen LogP contribution in [0.2, 0.25) is 0 Å². The molecule has 0 saturated heterocycles. The first-order valence-corrected chi connectivity index (χ1v) is 11.6. The summed E-state index contributed by atoms with van der Waals surface area (Å²) in [5.41, 5.74) is 4.74. The van der Waals surface area contributed by atoms with Gasteiger partial charge >= 0.3 is 5.97 Å². The highest BCUT2D eigenvalue weighted by atomic mass is 16.5. The SMILES string of the molecule is N#Cc1ccc(CC=CC(=O)O)c(NC(=O)[C@@H]2C[C@]23CCOc2ccc(-c4ccccc4)cc23)c1. The maximum absolute atomic E-state index is 13.4. The van der Waals surface area contributed by atoms with Crippen LogP contribution in [0.15, 0.2) is 78.9 Å². The highest BCUT2D eigenvalue weighted by molar-refractivity contribution is 5.97. The van der Waals surface area contributed by atoms with E-state index in [0.29, 0.717) is 24.3 Å². The summed E-state index contributed by atoms with van der Waals surface area (Å²) in [6, 6.07) is 23.5. The van der Waals surface area contributed by atoms with E-state index < -0.39 is 5.97 Å². The number of carboxylic acids is 1. The van der Waals surface area contributed by atoms with Gasteiger partial charge in [0.15, 0.2) is 0 Å². The minimum atomic E-state index is -1.03. The van der Waals surface area contributed by atoms with E-state index in [4.69, 9.17) is 9.84 Å². The molecule has 0 unspecified atom stereocenters. The fraction of sp³-hybridized carbons (Fsp3) is 0.207. The average Bonchev–Trinajstić information content (AvgIpc) is 3.60. The third kappa shape index (κ3) is 4.41. The number of hydrogen-bond donors (Lipinski definition) is 2. The molecule has 1 amide bonds. The van der Waals surface area contributed by atoms with Gasteiger partial charge < -0.3 is 15.2 Å². The van der Waals surface area contributed by atoms with E-state index in [0.717, 1.165) is 46.9 Å². The van der Waals surface area contributed by atoms with E-state index in [1.54, 1.807) is 18.2 Å². The van der Waals surface area contributed by atoms with Crippen molar-refractivity contribution < 1.29 is 19.4 Å². The van der Waals surface area contributed by atoms with Gasteiger partial charge in [0, 0.05) is 28.7 Å². The predicted octanol–water partition coefficient (Wildman–Crippen LogP) is 5.09. The topological polar surface area (TPSA) is 99.4 Å². The molecule has 3 aromatic rings. The molecule has 174 valence electrons. The number of fused-ring (bicyclic) bond motifs is 2. The fourth-order valence-corrected chi connectivity index (χ4v) is 5.00. The Hall–Kier alpha value is -4.37. The Morgan fingerprint density at radius 2 is 1.94 bits per heavy atom. The highest BCUT2D eigenvalue weighted by Crippen LogP contribution is 2.61. The molecule has 1 saturated carbocycles. The molecule has 1 aliphatic carbocycles. The Labute approximate surface area is 203 Å². The second kappa shape index (κ2) is 9.11. The van der Waals surface area contributed by atoms with Gasteiger partial charge in [-0.05, 0) is 60.2 Å². The van der Waals surface area contributed by atoms with Crippen molar-refractivity contribution in [2.75, 3.05) is 11.9 Å². The maximum atomic E-state index is 13.4. The number of ether oxygens (including phenoxy) is 1. The Kier molecular flexibility index (Phi) is 5.84. The van der Waals surface area contributed by atoms with Gasteiger partial charge in [-0.3, -0.25) is 4.79 Å². The molecule has 0 radical (unpaired) electrons. The van der Waals surface area contributed by atoms with E-state index in [-0.39, 0.29) is 17.2 Å². The number of aliphatic carboxylic acids is 1. The summed E-state index contributed by atoms with van der Waals surface area (Å²) >= 11 is 0. The molecule has 0 aromatic heterocycles. The van der Waals surface area contributed by atoms with Gasteiger partial charge in [-0.2, -0.15) is 5.26 Å². The molecule has 6 heteroatoms. The lowest BCUT2D eigenvalue weighted by atomic mass is 9.85. The first-order chi connectivity index (χ1) is 17.0. The van der Waals surface area contributed by atoms with E-state index in [2.05, 4.69) is 35.7 Å². The number of rotatable bonds is 6. The van der Waals surface area contributed by atoms with E-state index in [9.17, 15) is 14.9 Å². The van der Waals surface area contributed by atoms with E-state index >= 15 is 0 Å². The number of carbonyl (C=O) groups excluding carboxylic acids is 1. The number of carbonyl (C=O) groups is 2. The van der Waals surface area contributed by atoms with Gasteiger partial charge in [0.2, 0.25) is 5.91 Å². The third-order valence-electron chi connectivity index (χ3n) is 6.92. The van der Waals surface area contributed by atoms with Crippen molar-refractivity contribution in [3.05, 3.63) is 95.6 Å². The van der Waals surface area contributed by atoms with Crippen molar-refractivity contribution in [1.29, 1.82) is 5.26 Å². The molecule has 1 heterocycles. The van der Waals surface area contributed by atoms with Crippen LogP contribution < -0.4 is 10.1 Å². The normalized spacial score (nSPS) is 20.0. The first-order valence-electron chi connectivity index (χ1n) is 11.6. The summed E-state index contributed by atoms with van der Waals surface area (Å²) in [6.07, 6.45) is 4.43. The third-order valence-corrected chi connectivity index (χ3v) is 6.92. The zero-order valence-corrected chi connectivity index (χ0v) is 19.0. The zero-order valence-electron chi connectivity index (χ0n) is 19.0. The van der Waals surface area contributed by atoms with Crippen molar-refractivity contribution in [2.24, 2.45) is 5.92 Å². The lowest BCUT2D eigenvalue weighted by molar-refractivity contribution is -0.131. The van der Waals surface area contributed by atoms with Gasteiger partial charge in [-0.15, -0.1) is 0 Å². The molecular weight excluding hydrogens is 440 g/mol. The lowest BCUT2D eigenvalue weighted by Gasteiger charge is -2.27. The predicted molar refractivity (Wildman–Crippen MR) is 132 cm³/mol. The van der Waals surface area contributed by atoms with Gasteiger partial charge in [-0.25, -0.2) is 4.79 Å². The lowest BCUT2D eigenvalue weighted by Crippen LogP contribution is -2.27. The second-order valence-corrected chi connectivity index (χ2v) is 9.01. The molecule has 2 aliphatic rings. The average molecular weight is 465 g/mol. The monoisotopic (exact) mass is 464 g/mol. The van der Waals surface area contributed by atoms with Gasteiger partial charge in [-0.1, -0.05) is 48.5 Å². The quantitative estimate of drug-likeness (QED) is 0.495. The Balaban J connectivity index is 1.41. The van der Waals surface area contributed by atoms with Crippen LogP contribution >= 0.6 is 0 Å². The largest absolute Gasteiger partial charge is 0.493 e. The van der Waals surface area contributed by atoms with Crippen molar-refractivity contribution in [1.82, 2.24) is 0 Å². The fourth-order valence-electron chi connectivity index (χ4n) is 5.00. The van der Waals surface area contributed by atoms with Crippen molar-refractivity contribution in [3.8, 4) is 22.9 Å². The van der Waals surface area contributed by atoms with Gasteiger partial charge in [0.1, 0.15) is 5.75 Å². The first kappa shape index (κ1) is 22.4. The molecule has 2 atom stereocenters. The van der Waals surface area contributed by atoms with Gasteiger partial charge in [0.25, 0.3) is 0 Å². The molecule has 1 fully saturated rings. The number of nitrogens with zero attached hydrogens (tertiary/aromatic N) is 1. The number of anilines is 1. The van der Waals surface area contributed by atoms with Crippen LogP contribution in [0.4, 0.5) is 5.69 Å². The van der Waals surface area contributed by atoms with Crippen LogP contribution in [0, 0.1) is 17.2 Å². The van der Waals surface area contributed by atoms with Crippen LogP contribution in [0.3, 0.4) is 0 Å². The van der Waals surface area contributed by atoms with E-state index in [1.807, 2.05) is 24.3 Å². The molecule has 2 N–H and O–H groups in total. The smallest absolute Gasteiger partial charge is 0.327 e. The van der Waals surface area contributed by atoms with Gasteiger partial charge in [0.05, 0.1) is 18.2 Å². The molecule has 1 aliphatic heterocycles. The molecule has 35 heavy (non-hydrogen) atoms. The van der Waals surface area contributed by atoms with Crippen molar-refractivity contribution in [2.45, 2.75) is 24.7 Å². The van der Waals surface area contributed by atoms with Crippen LogP contribution in [0.25, 0.3) is 11.1 Å². The minimum Gasteiger partial charge on any atom is -0.493 e. The Bertz CT molecular complexity index is 1370. The summed E-state index contributed by atoms with van der Waals surface area (Å²) in [6.45, 7) is 0.566. The minimum absolute atomic E-state index is 0.0958. The Morgan fingerprint density at radius 3 is 2.71 bits per heavy atom. The molecule has 3 aromatic carbocycles.